The second kappa shape index (κ2) is 9.77. The molecule has 0 atom stereocenters. The molecule has 0 radical (unpaired) electrons. The van der Waals surface area contributed by atoms with E-state index in [-0.39, 0.29) is 28.6 Å². The lowest BCUT2D eigenvalue weighted by Crippen LogP contribution is -2.10. The summed E-state index contributed by atoms with van der Waals surface area (Å²) < 4.78 is 11.4. The number of rotatable bonds is 7. The van der Waals surface area contributed by atoms with Crippen LogP contribution in [0.1, 0.15) is 37.7 Å². The Hall–Kier alpha value is -4.81. The third-order valence-electron chi connectivity index (χ3n) is 4.85. The molecule has 0 saturated heterocycles. The fraction of sp³-hybridized carbons (Fsp3) is 0.190. The minimum absolute atomic E-state index is 0.145. The van der Waals surface area contributed by atoms with Crippen molar-refractivity contribution in [3.8, 4) is 5.69 Å². The zero-order chi connectivity index (χ0) is 25.0. The van der Waals surface area contributed by atoms with Crippen LogP contribution in [0.4, 0.5) is 17.5 Å². The zero-order valence-corrected chi connectivity index (χ0v) is 18.7. The third kappa shape index (κ3) is 4.82. The molecule has 0 unspecified atom stereocenters. The van der Waals surface area contributed by atoms with Crippen LogP contribution in [0, 0.1) is 24.0 Å². The van der Waals surface area contributed by atoms with Crippen molar-refractivity contribution in [3.05, 3.63) is 68.7 Å². The second-order valence-electron chi connectivity index (χ2n) is 7.00. The Morgan fingerprint density at radius 2 is 1.76 bits per heavy atom. The highest BCUT2D eigenvalue weighted by Crippen LogP contribution is 2.24. The van der Waals surface area contributed by atoms with Crippen LogP contribution in [-0.2, 0) is 9.47 Å². The number of anilines is 2. The number of esters is 2. The number of hydrogen-bond acceptors (Lipinski definition) is 11. The van der Waals surface area contributed by atoms with E-state index in [0.717, 1.165) is 17.6 Å². The molecule has 0 aliphatic carbocycles. The number of aromatic nitrogens is 3. The van der Waals surface area contributed by atoms with E-state index in [9.17, 15) is 19.7 Å². The topological polar surface area (TPSA) is 177 Å². The Kier molecular flexibility index (Phi) is 6.85. The number of nitro groups is 1. The lowest BCUT2D eigenvalue weighted by Gasteiger charge is -2.13. The summed E-state index contributed by atoms with van der Waals surface area (Å²) in [5.74, 6) is -1.51. The van der Waals surface area contributed by atoms with Crippen LogP contribution in [0.2, 0.25) is 0 Å². The van der Waals surface area contributed by atoms with Gasteiger partial charge < -0.3 is 19.8 Å². The molecular formula is C21H21N7O6. The van der Waals surface area contributed by atoms with E-state index < -0.39 is 16.9 Å². The molecule has 13 nitrogen and oxygen atoms in total. The quantitative estimate of drug-likeness (QED) is 0.227. The van der Waals surface area contributed by atoms with Crippen LogP contribution >= 0.6 is 0 Å². The molecule has 0 aliphatic heterocycles. The van der Waals surface area contributed by atoms with Gasteiger partial charge in [-0.2, -0.15) is 10.1 Å². The molecule has 0 amide bonds. The van der Waals surface area contributed by atoms with Gasteiger partial charge in [0.1, 0.15) is 6.20 Å². The highest BCUT2D eigenvalue weighted by Gasteiger charge is 2.18. The van der Waals surface area contributed by atoms with E-state index in [2.05, 4.69) is 20.5 Å². The number of nitrogen functional groups attached to an aromatic ring is 1. The number of aryl methyl sites for hydroxylation is 1. The van der Waals surface area contributed by atoms with Crippen LogP contribution in [0.5, 0.6) is 0 Å². The van der Waals surface area contributed by atoms with Crippen molar-refractivity contribution in [3.63, 3.8) is 0 Å². The average Bonchev–Trinajstić information content (AvgIpc) is 3.10. The highest BCUT2D eigenvalue weighted by molar-refractivity contribution is 5.96. The Balaban J connectivity index is 1.99. The first kappa shape index (κ1) is 23.8. The first-order valence-electron chi connectivity index (χ1n) is 9.73. The number of benzene rings is 1. The number of methoxy groups -OCH3 is 2. The van der Waals surface area contributed by atoms with Crippen molar-refractivity contribution in [1.82, 2.24) is 14.5 Å². The number of nitrogens with zero attached hydrogens (tertiary/aromatic N) is 5. The smallest absolute Gasteiger partial charge is 0.337 e. The maximum atomic E-state index is 12.1. The summed E-state index contributed by atoms with van der Waals surface area (Å²) in [6.45, 7) is 3.64. The fourth-order valence-electron chi connectivity index (χ4n) is 3.30. The number of ether oxygens (including phenoxy) is 2. The summed E-state index contributed by atoms with van der Waals surface area (Å²) in [6, 6.07) is 6.38. The van der Waals surface area contributed by atoms with Crippen LogP contribution in [0.25, 0.3) is 5.69 Å². The summed E-state index contributed by atoms with van der Waals surface area (Å²) in [5, 5.41) is 15.2. The van der Waals surface area contributed by atoms with Gasteiger partial charge in [-0.15, -0.1) is 0 Å². The van der Waals surface area contributed by atoms with Gasteiger partial charge in [-0.1, -0.05) is 0 Å². The first-order valence-corrected chi connectivity index (χ1v) is 9.73. The largest absolute Gasteiger partial charge is 0.465 e. The van der Waals surface area contributed by atoms with E-state index in [1.165, 1.54) is 26.5 Å². The molecule has 13 heteroatoms. The molecule has 3 N–H and O–H groups in total. The van der Waals surface area contributed by atoms with E-state index in [1.54, 1.807) is 12.1 Å². The Labute approximate surface area is 193 Å². The van der Waals surface area contributed by atoms with Crippen molar-refractivity contribution < 1.29 is 24.0 Å². The number of nitrogens with one attached hydrogen (secondary N) is 1. The minimum Gasteiger partial charge on any atom is -0.465 e. The zero-order valence-electron chi connectivity index (χ0n) is 18.7. The van der Waals surface area contributed by atoms with Crippen LogP contribution in [0.15, 0.2) is 35.6 Å². The van der Waals surface area contributed by atoms with Gasteiger partial charge in [0.05, 0.1) is 36.5 Å². The molecule has 0 saturated carbocycles. The van der Waals surface area contributed by atoms with Gasteiger partial charge in [-0.3, -0.25) is 15.5 Å². The molecule has 3 aromatic rings. The van der Waals surface area contributed by atoms with Gasteiger partial charge in [0.25, 0.3) is 0 Å². The van der Waals surface area contributed by atoms with Gasteiger partial charge in [0.15, 0.2) is 0 Å². The molecule has 0 spiro atoms. The van der Waals surface area contributed by atoms with Crippen molar-refractivity contribution in [2.45, 2.75) is 13.8 Å². The highest BCUT2D eigenvalue weighted by atomic mass is 16.6. The molecule has 2 heterocycles. The maximum Gasteiger partial charge on any atom is 0.337 e. The van der Waals surface area contributed by atoms with Gasteiger partial charge >= 0.3 is 17.6 Å². The number of nitrogens with two attached hydrogens (primary N) is 1. The van der Waals surface area contributed by atoms with Gasteiger partial charge in [-0.25, -0.2) is 14.6 Å². The van der Waals surface area contributed by atoms with Gasteiger partial charge in [0, 0.05) is 22.6 Å². The Morgan fingerprint density at radius 1 is 1.15 bits per heavy atom. The molecule has 0 aliphatic rings. The summed E-state index contributed by atoms with van der Waals surface area (Å²) in [6.07, 6.45) is 2.44. The van der Waals surface area contributed by atoms with Crippen molar-refractivity contribution >= 4 is 35.6 Å². The van der Waals surface area contributed by atoms with Crippen molar-refractivity contribution in [2.75, 3.05) is 25.4 Å². The maximum absolute atomic E-state index is 12.1. The predicted molar refractivity (Wildman–Crippen MR) is 122 cm³/mol. The second-order valence-corrected chi connectivity index (χ2v) is 7.00. The lowest BCUT2D eigenvalue weighted by atomic mass is 10.1. The minimum atomic E-state index is -0.656. The van der Waals surface area contributed by atoms with Crippen molar-refractivity contribution in [2.24, 2.45) is 5.10 Å². The third-order valence-corrected chi connectivity index (χ3v) is 4.85. The Morgan fingerprint density at radius 3 is 2.32 bits per heavy atom. The summed E-state index contributed by atoms with van der Waals surface area (Å²) in [4.78, 5) is 42.1. The van der Waals surface area contributed by atoms with Gasteiger partial charge in [0.2, 0.25) is 11.8 Å². The Bertz CT molecular complexity index is 1280. The SMILES string of the molecule is COC(=O)c1cc(C(=O)OC)cc(-n2c(C)cc(C=NNc3nc(N)ncc3[N+](=O)[O-])c2C)c1. The number of carbonyl (C=O) groups excluding carboxylic acids is 2. The summed E-state index contributed by atoms with van der Waals surface area (Å²) >= 11 is 0. The lowest BCUT2D eigenvalue weighted by molar-refractivity contribution is -0.384. The number of hydrogen-bond donors (Lipinski definition) is 2. The normalized spacial score (nSPS) is 10.8. The molecule has 0 bridgehead atoms. The van der Waals surface area contributed by atoms with E-state index in [4.69, 9.17) is 15.2 Å². The molecule has 1 aromatic carbocycles. The molecule has 0 fully saturated rings. The molecule has 176 valence electrons. The summed E-state index contributed by atoms with van der Waals surface area (Å²) in [7, 11) is 2.49. The van der Waals surface area contributed by atoms with Crippen LogP contribution < -0.4 is 11.2 Å². The molecule has 34 heavy (non-hydrogen) atoms. The number of carbonyl (C=O) groups is 2. The molecular weight excluding hydrogens is 446 g/mol. The average molecular weight is 467 g/mol. The molecule has 3 rings (SSSR count). The van der Waals surface area contributed by atoms with Crippen LogP contribution in [-0.4, -0.2) is 51.8 Å². The van der Waals surface area contributed by atoms with Crippen molar-refractivity contribution in [1.29, 1.82) is 0 Å². The van der Waals surface area contributed by atoms with Crippen LogP contribution in [0.3, 0.4) is 0 Å². The first-order chi connectivity index (χ1) is 16.2. The fourth-order valence-corrected chi connectivity index (χ4v) is 3.30. The monoisotopic (exact) mass is 467 g/mol. The standard InChI is InChI=1S/C21H21N7O6/c1-11-5-15(9-24-26-18-17(28(31)32)10-23-21(22)25-18)12(2)27(11)16-7-13(19(29)33-3)6-14(8-16)20(30)34-4/h5-10H,1-4H3,(H3,22,23,25,26). The summed E-state index contributed by atoms with van der Waals surface area (Å²) in [5.41, 5.74) is 10.7. The molecule has 2 aromatic heterocycles. The number of hydrazone groups is 1. The van der Waals surface area contributed by atoms with E-state index in [0.29, 0.717) is 11.3 Å². The van der Waals surface area contributed by atoms with Gasteiger partial charge in [-0.05, 0) is 38.1 Å². The van der Waals surface area contributed by atoms with E-state index in [1.807, 2.05) is 24.5 Å². The predicted octanol–water partition coefficient (Wildman–Crippen LogP) is 2.39. The van der Waals surface area contributed by atoms with E-state index >= 15 is 0 Å².